The first kappa shape index (κ1) is 33.9. The van der Waals surface area contributed by atoms with Crippen molar-refractivity contribution in [3.63, 3.8) is 0 Å². The number of nitrogens with zero attached hydrogens (tertiary/aromatic N) is 4. The second-order valence-corrected chi connectivity index (χ2v) is 11.7. The highest BCUT2D eigenvalue weighted by atomic mass is 19.2. The van der Waals surface area contributed by atoms with Crippen molar-refractivity contribution in [3.05, 3.63) is 166 Å². The molecular weight excluding hydrogens is 640 g/mol. The van der Waals surface area contributed by atoms with E-state index in [1.54, 1.807) is 48.5 Å². The number of aliphatic hydroxyl groups excluding tert-OH is 1. The van der Waals surface area contributed by atoms with Gasteiger partial charge >= 0.3 is 0 Å². The fourth-order valence-corrected chi connectivity index (χ4v) is 5.84. The molecule has 1 amide bonds. The van der Waals surface area contributed by atoms with Crippen LogP contribution in [0.4, 0.5) is 14.5 Å². The Morgan fingerprint density at radius 2 is 1.60 bits per heavy atom. The molecule has 2 atom stereocenters. The first-order chi connectivity index (χ1) is 24.4. The second-order valence-electron chi connectivity index (χ2n) is 11.7. The van der Waals surface area contributed by atoms with E-state index in [4.69, 9.17) is 19.6 Å². The van der Waals surface area contributed by atoms with Crippen molar-refractivity contribution in [1.82, 2.24) is 5.32 Å². The molecule has 5 aromatic carbocycles. The van der Waals surface area contributed by atoms with Crippen molar-refractivity contribution >= 4 is 17.5 Å². The van der Waals surface area contributed by atoms with Gasteiger partial charge in [-0.15, -0.1) is 0 Å². The fraction of sp³-hybridized carbons (Fsp3) is 0.179. The van der Waals surface area contributed by atoms with E-state index in [-0.39, 0.29) is 25.5 Å². The minimum absolute atomic E-state index is 0.0134. The molecule has 9 nitrogen and oxygen atoms in total. The van der Waals surface area contributed by atoms with Crippen LogP contribution in [0, 0.1) is 11.6 Å². The van der Waals surface area contributed by atoms with E-state index in [9.17, 15) is 19.1 Å². The summed E-state index contributed by atoms with van der Waals surface area (Å²) >= 11 is 0. The van der Waals surface area contributed by atoms with Gasteiger partial charge in [-0.05, 0) is 69.7 Å². The Balaban J connectivity index is 1.44. The Hall–Kier alpha value is -6.03. The van der Waals surface area contributed by atoms with Crippen LogP contribution in [0.1, 0.15) is 34.8 Å². The smallest absolute Gasteiger partial charge is 0.252 e. The van der Waals surface area contributed by atoms with Crippen molar-refractivity contribution < 1.29 is 28.2 Å². The molecule has 1 heterocycles. The summed E-state index contributed by atoms with van der Waals surface area (Å²) in [6.45, 7) is 0.250. The maximum atomic E-state index is 14.6. The lowest BCUT2D eigenvalue weighted by atomic mass is 9.81. The van der Waals surface area contributed by atoms with Crippen LogP contribution >= 0.6 is 0 Å². The maximum absolute atomic E-state index is 14.6. The van der Waals surface area contributed by atoms with E-state index in [0.717, 1.165) is 23.3 Å². The van der Waals surface area contributed by atoms with Gasteiger partial charge in [0.25, 0.3) is 5.91 Å². The zero-order chi connectivity index (χ0) is 34.9. The molecule has 6 rings (SSSR count). The molecule has 1 aliphatic heterocycles. The minimum Gasteiger partial charge on any atom is -0.494 e. The summed E-state index contributed by atoms with van der Waals surface area (Å²) in [5.74, 6) is -1.76. The van der Waals surface area contributed by atoms with Crippen LogP contribution in [0.15, 0.2) is 131 Å². The molecule has 0 unspecified atom stereocenters. The van der Waals surface area contributed by atoms with Gasteiger partial charge in [0.1, 0.15) is 5.75 Å². The third-order valence-corrected chi connectivity index (χ3v) is 8.39. The van der Waals surface area contributed by atoms with Crippen molar-refractivity contribution in [2.45, 2.75) is 31.0 Å². The Morgan fingerprint density at radius 1 is 0.900 bits per heavy atom. The summed E-state index contributed by atoms with van der Waals surface area (Å²) in [4.78, 5) is 22.6. The number of hydrogen-bond donors (Lipinski definition) is 2. The van der Waals surface area contributed by atoms with Crippen molar-refractivity contribution in [3.8, 4) is 16.9 Å². The molecule has 2 N–H and O–H groups in total. The lowest BCUT2D eigenvalue weighted by molar-refractivity contribution is -0.129. The predicted molar refractivity (Wildman–Crippen MR) is 186 cm³/mol. The molecule has 0 saturated heterocycles. The summed E-state index contributed by atoms with van der Waals surface area (Å²) < 4.78 is 40.1. The van der Waals surface area contributed by atoms with Crippen molar-refractivity contribution in [2.24, 2.45) is 10.1 Å². The highest BCUT2D eigenvalue weighted by Gasteiger charge is 2.53. The Kier molecular flexibility index (Phi) is 10.5. The number of azide groups is 1. The molecular formula is C39H33F2N5O4. The van der Waals surface area contributed by atoms with Gasteiger partial charge in [0, 0.05) is 42.2 Å². The van der Waals surface area contributed by atoms with Gasteiger partial charge in [-0.2, -0.15) is 0 Å². The van der Waals surface area contributed by atoms with Gasteiger partial charge in [-0.3, -0.25) is 4.79 Å². The Morgan fingerprint density at radius 3 is 2.32 bits per heavy atom. The number of aliphatic imine (C=N–C) groups is 1. The third kappa shape index (κ3) is 7.49. The number of rotatable bonds is 13. The van der Waals surface area contributed by atoms with Gasteiger partial charge in [-0.25, -0.2) is 13.8 Å². The molecule has 11 heteroatoms. The average molecular weight is 674 g/mol. The van der Waals surface area contributed by atoms with E-state index in [0.29, 0.717) is 46.7 Å². The number of halogens is 2. The predicted octanol–water partition coefficient (Wildman–Crippen LogP) is 8.15. The van der Waals surface area contributed by atoms with Crippen LogP contribution in [-0.2, 0) is 22.5 Å². The van der Waals surface area contributed by atoms with Gasteiger partial charge in [0.15, 0.2) is 23.3 Å². The van der Waals surface area contributed by atoms with Gasteiger partial charge in [-0.1, -0.05) is 90.0 Å². The molecule has 1 aliphatic rings. The summed E-state index contributed by atoms with van der Waals surface area (Å²) in [5.41, 5.74) is 12.1. The molecule has 0 saturated carbocycles. The number of amides is 1. The first-order valence-electron chi connectivity index (χ1n) is 16.0. The molecule has 0 bridgehead atoms. The molecule has 0 aliphatic carbocycles. The number of nitrogens with one attached hydrogen (secondary N) is 1. The van der Waals surface area contributed by atoms with E-state index in [1.165, 1.54) is 6.07 Å². The zero-order valence-electron chi connectivity index (χ0n) is 26.9. The SMILES string of the molecule is [N-]=[N+]=Nc1ccccc1C[C@@]1(C(=O)NCc2ccc(F)c(F)c2)N=C(c2ccc(OCCCO)cc2)O[C@@H]1c1ccc(-c2ccccc2)cc1. The Labute approximate surface area is 287 Å². The van der Waals surface area contributed by atoms with E-state index >= 15 is 0 Å². The summed E-state index contributed by atoms with van der Waals surface area (Å²) in [7, 11) is 0. The highest BCUT2D eigenvalue weighted by molar-refractivity contribution is 6.01. The second kappa shape index (κ2) is 15.5. The lowest BCUT2D eigenvalue weighted by Crippen LogP contribution is -2.49. The largest absolute Gasteiger partial charge is 0.494 e. The van der Waals surface area contributed by atoms with Crippen LogP contribution in [-0.4, -0.2) is 35.7 Å². The first-order valence-corrected chi connectivity index (χ1v) is 16.0. The van der Waals surface area contributed by atoms with Crippen molar-refractivity contribution in [1.29, 1.82) is 0 Å². The Bertz CT molecular complexity index is 2030. The van der Waals surface area contributed by atoms with Gasteiger partial charge in [0.05, 0.1) is 6.61 Å². The lowest BCUT2D eigenvalue weighted by Gasteiger charge is -2.31. The van der Waals surface area contributed by atoms with Crippen LogP contribution in [0.5, 0.6) is 5.75 Å². The standard InChI is InChI=1S/C39H33F2N5O4/c40-33-20-11-26(23-34(33)41)25-43-38(48)39(24-31-9-4-5-10-35(31)45-46-42)36(29-14-12-28(13-15-29)27-7-2-1-3-8-27)50-37(44-39)30-16-18-32(19-17-30)49-22-6-21-47/h1-5,7-20,23,36,47H,6,21-22,24-25H2,(H,43,48)/t36-,39-/m1/s1. The van der Waals surface area contributed by atoms with Gasteiger partial charge in [0.2, 0.25) is 5.90 Å². The fourth-order valence-electron chi connectivity index (χ4n) is 5.84. The molecule has 252 valence electrons. The topological polar surface area (TPSA) is 129 Å². The number of carbonyl (C=O) groups excluding carboxylic acids is 1. The zero-order valence-corrected chi connectivity index (χ0v) is 26.9. The number of benzene rings is 5. The van der Waals surface area contributed by atoms with Gasteiger partial charge < -0.3 is 19.9 Å². The third-order valence-electron chi connectivity index (χ3n) is 8.39. The number of carbonyl (C=O) groups is 1. The number of ether oxygens (including phenoxy) is 2. The van der Waals surface area contributed by atoms with Crippen LogP contribution in [0.25, 0.3) is 21.6 Å². The van der Waals surface area contributed by atoms with Crippen LogP contribution in [0.3, 0.4) is 0 Å². The quantitative estimate of drug-likeness (QED) is 0.0566. The van der Waals surface area contributed by atoms with E-state index < -0.39 is 29.2 Å². The maximum Gasteiger partial charge on any atom is 0.252 e. The summed E-state index contributed by atoms with van der Waals surface area (Å²) in [6, 6.07) is 34.9. The monoisotopic (exact) mass is 673 g/mol. The van der Waals surface area contributed by atoms with E-state index in [2.05, 4.69) is 15.3 Å². The summed E-state index contributed by atoms with van der Waals surface area (Å²) in [5, 5.41) is 15.8. The molecule has 0 spiro atoms. The molecule has 50 heavy (non-hydrogen) atoms. The molecule has 0 aromatic heterocycles. The van der Waals surface area contributed by atoms with Crippen LogP contribution in [0.2, 0.25) is 0 Å². The minimum atomic E-state index is -1.64. The normalized spacial score (nSPS) is 16.5. The summed E-state index contributed by atoms with van der Waals surface area (Å²) in [6.07, 6.45) is -0.489. The van der Waals surface area contributed by atoms with Crippen molar-refractivity contribution in [2.75, 3.05) is 13.2 Å². The molecule has 0 fully saturated rings. The number of aliphatic hydroxyl groups is 1. The average Bonchev–Trinajstić information content (AvgIpc) is 3.54. The molecule has 5 aromatic rings. The molecule has 0 radical (unpaired) electrons. The van der Waals surface area contributed by atoms with Crippen LogP contribution < -0.4 is 10.1 Å². The highest BCUT2D eigenvalue weighted by Crippen LogP contribution is 2.44. The van der Waals surface area contributed by atoms with E-state index in [1.807, 2.05) is 54.6 Å². The number of hydrogen-bond acceptors (Lipinski definition) is 6.